The molecule has 0 aromatic rings. The van der Waals surface area contributed by atoms with Crippen LogP contribution in [0.15, 0.2) is 37.1 Å². The van der Waals surface area contributed by atoms with Crippen molar-refractivity contribution in [1.82, 2.24) is 8.61 Å². The minimum absolute atomic E-state index is 0.103. The predicted molar refractivity (Wildman–Crippen MR) is 86.3 cm³/mol. The number of ether oxygens (including phenoxy) is 1. The molecular formula is C15H24N2O4S. The SMILES string of the molecule is C=CC=C(C=C)N1CCCCN(C(=O)OC(C)(C)C)S1(=O)=O. The van der Waals surface area contributed by atoms with Gasteiger partial charge >= 0.3 is 16.3 Å². The molecule has 0 aliphatic carbocycles. The summed E-state index contributed by atoms with van der Waals surface area (Å²) in [7, 11) is -4.00. The maximum atomic E-state index is 12.8. The van der Waals surface area contributed by atoms with Crippen LogP contribution in [-0.2, 0) is 14.9 Å². The Morgan fingerprint density at radius 1 is 1.14 bits per heavy atom. The van der Waals surface area contributed by atoms with E-state index in [9.17, 15) is 13.2 Å². The molecule has 1 heterocycles. The summed E-state index contributed by atoms with van der Waals surface area (Å²) in [6, 6.07) is 0. The molecule has 1 rings (SSSR count). The molecule has 1 aliphatic heterocycles. The van der Waals surface area contributed by atoms with Crippen molar-refractivity contribution in [2.75, 3.05) is 13.1 Å². The first kappa shape index (κ1) is 18.3. The third-order valence-corrected chi connectivity index (χ3v) is 4.75. The molecule has 1 fully saturated rings. The Morgan fingerprint density at radius 2 is 1.68 bits per heavy atom. The van der Waals surface area contributed by atoms with Crippen molar-refractivity contribution in [2.24, 2.45) is 0 Å². The summed E-state index contributed by atoms with van der Waals surface area (Å²) in [4.78, 5) is 12.2. The average Bonchev–Trinajstić information content (AvgIpc) is 2.52. The second-order valence-corrected chi connectivity index (χ2v) is 7.65. The fourth-order valence-corrected chi connectivity index (χ4v) is 3.58. The molecule has 6 nitrogen and oxygen atoms in total. The van der Waals surface area contributed by atoms with Crippen LogP contribution in [0, 0.1) is 0 Å². The molecule has 1 aliphatic rings. The van der Waals surface area contributed by atoms with Gasteiger partial charge in [-0.2, -0.15) is 12.7 Å². The molecule has 1 amide bonds. The van der Waals surface area contributed by atoms with Crippen LogP contribution >= 0.6 is 0 Å². The summed E-state index contributed by atoms with van der Waals surface area (Å²) >= 11 is 0. The van der Waals surface area contributed by atoms with Crippen LogP contribution in [0.5, 0.6) is 0 Å². The van der Waals surface area contributed by atoms with E-state index in [1.54, 1.807) is 26.8 Å². The van der Waals surface area contributed by atoms with E-state index < -0.39 is 21.9 Å². The lowest BCUT2D eigenvalue weighted by atomic mass is 10.2. The number of allylic oxidation sites excluding steroid dienone is 3. The van der Waals surface area contributed by atoms with Gasteiger partial charge in [-0.05, 0) is 45.8 Å². The van der Waals surface area contributed by atoms with Crippen LogP contribution in [0.1, 0.15) is 33.6 Å². The fraction of sp³-hybridized carbons (Fsp3) is 0.533. The lowest BCUT2D eigenvalue weighted by molar-refractivity contribution is 0.0388. The van der Waals surface area contributed by atoms with E-state index in [-0.39, 0.29) is 13.1 Å². The molecule has 124 valence electrons. The highest BCUT2D eigenvalue weighted by Gasteiger charge is 2.38. The van der Waals surface area contributed by atoms with Crippen molar-refractivity contribution in [3.63, 3.8) is 0 Å². The van der Waals surface area contributed by atoms with Gasteiger partial charge in [0.1, 0.15) is 5.60 Å². The monoisotopic (exact) mass is 328 g/mol. The fourth-order valence-electron chi connectivity index (χ4n) is 1.99. The van der Waals surface area contributed by atoms with E-state index >= 15 is 0 Å². The number of hydrogen-bond acceptors (Lipinski definition) is 4. The van der Waals surface area contributed by atoms with Crippen molar-refractivity contribution in [1.29, 1.82) is 0 Å². The number of carbonyl (C=O) groups is 1. The predicted octanol–water partition coefficient (Wildman–Crippen LogP) is 2.82. The van der Waals surface area contributed by atoms with Gasteiger partial charge in [-0.25, -0.2) is 4.79 Å². The van der Waals surface area contributed by atoms with Crippen LogP contribution in [0.25, 0.3) is 0 Å². The highest BCUT2D eigenvalue weighted by molar-refractivity contribution is 7.87. The highest BCUT2D eigenvalue weighted by Crippen LogP contribution is 2.23. The van der Waals surface area contributed by atoms with E-state index in [1.807, 2.05) is 0 Å². The number of amides is 1. The minimum Gasteiger partial charge on any atom is -0.443 e. The summed E-state index contributed by atoms with van der Waals surface area (Å²) in [6.07, 6.45) is 4.81. The molecule has 0 aromatic carbocycles. The van der Waals surface area contributed by atoms with E-state index in [1.165, 1.54) is 16.5 Å². The molecule has 0 atom stereocenters. The van der Waals surface area contributed by atoms with Crippen LogP contribution in [0.3, 0.4) is 0 Å². The standard InChI is InChI=1S/C15H24N2O4S/c1-6-10-13(7-2)16-11-8-9-12-17(22(16,19)20)14(18)21-15(3,4)5/h6-7,10H,1-2,8-9,11-12H2,3-5H3. The molecule has 0 saturated carbocycles. The van der Waals surface area contributed by atoms with Gasteiger partial charge in [0.05, 0.1) is 5.70 Å². The van der Waals surface area contributed by atoms with Gasteiger partial charge in [0.25, 0.3) is 0 Å². The summed E-state index contributed by atoms with van der Waals surface area (Å²) < 4.78 is 32.7. The van der Waals surface area contributed by atoms with Crippen LogP contribution in [-0.4, -0.2) is 41.8 Å². The van der Waals surface area contributed by atoms with E-state index in [4.69, 9.17) is 4.74 Å². The molecule has 7 heteroatoms. The molecule has 0 radical (unpaired) electrons. The molecule has 0 unspecified atom stereocenters. The molecule has 1 saturated heterocycles. The number of nitrogens with zero attached hydrogens (tertiary/aromatic N) is 2. The van der Waals surface area contributed by atoms with Crippen LogP contribution in [0.2, 0.25) is 0 Å². The Labute approximate surface area is 132 Å². The number of carbonyl (C=O) groups excluding carboxylic acids is 1. The molecule has 0 N–H and O–H groups in total. The van der Waals surface area contributed by atoms with Crippen molar-refractivity contribution < 1.29 is 17.9 Å². The van der Waals surface area contributed by atoms with E-state index in [0.29, 0.717) is 18.5 Å². The Hall–Kier alpha value is -1.76. The van der Waals surface area contributed by atoms with Crippen molar-refractivity contribution in [3.05, 3.63) is 37.1 Å². The Bertz CT molecular complexity index is 573. The van der Waals surface area contributed by atoms with E-state index in [2.05, 4.69) is 13.2 Å². The van der Waals surface area contributed by atoms with Gasteiger partial charge < -0.3 is 4.74 Å². The molecule has 0 bridgehead atoms. The second kappa shape index (κ2) is 7.00. The Morgan fingerprint density at radius 3 is 2.14 bits per heavy atom. The first-order valence-corrected chi connectivity index (χ1v) is 8.51. The first-order valence-electron chi connectivity index (χ1n) is 7.12. The van der Waals surface area contributed by atoms with Gasteiger partial charge in [0.15, 0.2) is 0 Å². The smallest absolute Gasteiger partial charge is 0.425 e. The largest absolute Gasteiger partial charge is 0.443 e. The lowest BCUT2D eigenvalue weighted by Crippen LogP contribution is -2.46. The molecule has 0 aromatic heterocycles. The van der Waals surface area contributed by atoms with Crippen molar-refractivity contribution >= 4 is 16.3 Å². The third kappa shape index (κ3) is 4.37. The van der Waals surface area contributed by atoms with Crippen molar-refractivity contribution in [3.8, 4) is 0 Å². The van der Waals surface area contributed by atoms with Gasteiger partial charge in [0.2, 0.25) is 0 Å². The Kier molecular flexibility index (Phi) is 5.82. The highest BCUT2D eigenvalue weighted by atomic mass is 32.2. The molecular weight excluding hydrogens is 304 g/mol. The summed E-state index contributed by atoms with van der Waals surface area (Å²) in [6.45, 7) is 12.7. The normalized spacial score (nSPS) is 19.3. The van der Waals surface area contributed by atoms with Gasteiger partial charge in [-0.3, -0.25) is 4.31 Å². The first-order chi connectivity index (χ1) is 10.1. The topological polar surface area (TPSA) is 66.9 Å². The van der Waals surface area contributed by atoms with Crippen molar-refractivity contribution in [2.45, 2.75) is 39.2 Å². The van der Waals surface area contributed by atoms with Crippen LogP contribution in [0.4, 0.5) is 4.79 Å². The van der Waals surface area contributed by atoms with Gasteiger partial charge in [-0.15, -0.1) is 0 Å². The van der Waals surface area contributed by atoms with Gasteiger partial charge in [-0.1, -0.05) is 19.2 Å². The Balaban J connectivity index is 3.19. The van der Waals surface area contributed by atoms with Gasteiger partial charge in [0, 0.05) is 13.1 Å². The number of hydrogen-bond donors (Lipinski definition) is 0. The zero-order valence-electron chi connectivity index (χ0n) is 13.4. The quantitative estimate of drug-likeness (QED) is 0.747. The minimum atomic E-state index is -4.00. The number of rotatable bonds is 3. The van der Waals surface area contributed by atoms with E-state index in [0.717, 1.165) is 4.31 Å². The second-order valence-electron chi connectivity index (χ2n) is 5.87. The maximum Gasteiger partial charge on any atom is 0.425 e. The zero-order valence-corrected chi connectivity index (χ0v) is 14.2. The summed E-state index contributed by atoms with van der Waals surface area (Å²) in [5.41, 5.74) is -0.382. The summed E-state index contributed by atoms with van der Waals surface area (Å²) in [5, 5.41) is 0. The average molecular weight is 328 g/mol. The van der Waals surface area contributed by atoms with Crippen LogP contribution < -0.4 is 0 Å². The molecule has 22 heavy (non-hydrogen) atoms. The maximum absolute atomic E-state index is 12.8. The summed E-state index contributed by atoms with van der Waals surface area (Å²) in [5.74, 6) is 0. The lowest BCUT2D eigenvalue weighted by Gasteiger charge is -2.30. The molecule has 0 spiro atoms. The zero-order chi connectivity index (χ0) is 17.0. The third-order valence-electron chi connectivity index (χ3n) is 2.91.